The van der Waals surface area contributed by atoms with Gasteiger partial charge in [0.05, 0.1) is 18.3 Å². The van der Waals surface area contributed by atoms with Crippen LogP contribution in [0, 0.1) is 0 Å². The van der Waals surface area contributed by atoms with Crippen molar-refractivity contribution in [3.63, 3.8) is 0 Å². The van der Waals surface area contributed by atoms with Crippen molar-refractivity contribution in [2.24, 2.45) is 0 Å². The molecule has 0 bridgehead atoms. The molecule has 3 nitrogen and oxygen atoms in total. The first kappa shape index (κ1) is 14.5. The Bertz CT molecular complexity index is 538. The molecule has 2 aromatic rings. The Morgan fingerprint density at radius 1 is 1.24 bits per heavy atom. The molecule has 1 saturated heterocycles. The van der Waals surface area contributed by atoms with Crippen LogP contribution >= 0.6 is 11.3 Å². The molecular formula is C17H22N2OS. The number of rotatable bonds is 4. The number of hydrogen-bond acceptors (Lipinski definition) is 4. The summed E-state index contributed by atoms with van der Waals surface area (Å²) in [5, 5.41) is 2.16. The molecule has 0 saturated carbocycles. The van der Waals surface area contributed by atoms with Gasteiger partial charge in [-0.15, -0.1) is 11.3 Å². The van der Waals surface area contributed by atoms with Gasteiger partial charge in [-0.25, -0.2) is 4.98 Å². The van der Waals surface area contributed by atoms with Crippen molar-refractivity contribution in [3.8, 4) is 5.75 Å². The summed E-state index contributed by atoms with van der Waals surface area (Å²) in [5.41, 5.74) is 4.52. The van der Waals surface area contributed by atoms with Gasteiger partial charge in [0, 0.05) is 18.0 Å². The van der Waals surface area contributed by atoms with E-state index in [1.807, 2.05) is 5.51 Å². The second-order valence-corrected chi connectivity index (χ2v) is 6.31. The van der Waals surface area contributed by atoms with Crippen LogP contribution in [0.15, 0.2) is 35.2 Å². The topological polar surface area (TPSA) is 25.4 Å². The standard InChI is InChI=1S/C17H22N2OS/c1-20-16-8-6-14(7-9-16)17-5-3-2-4-10-19(17)11-15-12-21-13-18-15/h6-9,12-13,17H,2-5,10-11H2,1H3. The summed E-state index contributed by atoms with van der Waals surface area (Å²) in [5.74, 6) is 0.929. The van der Waals surface area contributed by atoms with E-state index in [0.29, 0.717) is 6.04 Å². The lowest BCUT2D eigenvalue weighted by atomic mass is 10.0. The predicted octanol–water partition coefficient (Wildman–Crippen LogP) is 4.27. The molecule has 1 atom stereocenters. The molecule has 1 aromatic heterocycles. The van der Waals surface area contributed by atoms with E-state index in [1.165, 1.54) is 36.9 Å². The summed E-state index contributed by atoms with van der Waals surface area (Å²) in [6.45, 7) is 2.12. The first-order chi connectivity index (χ1) is 10.4. The zero-order valence-corrected chi connectivity index (χ0v) is 13.3. The maximum Gasteiger partial charge on any atom is 0.118 e. The van der Waals surface area contributed by atoms with Crippen molar-refractivity contribution in [1.82, 2.24) is 9.88 Å². The fraction of sp³-hybridized carbons (Fsp3) is 0.471. The SMILES string of the molecule is COc1ccc(C2CCCCCN2Cc2cscn2)cc1. The Kier molecular flexibility index (Phi) is 4.88. The second-order valence-electron chi connectivity index (χ2n) is 5.59. The first-order valence-corrected chi connectivity index (χ1v) is 8.56. The highest BCUT2D eigenvalue weighted by Gasteiger charge is 2.23. The van der Waals surface area contributed by atoms with E-state index < -0.39 is 0 Å². The van der Waals surface area contributed by atoms with Gasteiger partial charge in [-0.3, -0.25) is 4.90 Å². The number of benzene rings is 1. The van der Waals surface area contributed by atoms with Crippen molar-refractivity contribution < 1.29 is 4.74 Å². The third-order valence-electron chi connectivity index (χ3n) is 4.21. The molecule has 1 aliphatic heterocycles. The molecule has 0 aliphatic carbocycles. The Labute approximate surface area is 130 Å². The molecule has 0 amide bonds. The minimum atomic E-state index is 0.500. The molecule has 2 heterocycles. The molecule has 0 N–H and O–H groups in total. The van der Waals surface area contributed by atoms with Crippen molar-refractivity contribution >= 4 is 11.3 Å². The van der Waals surface area contributed by atoms with Crippen LogP contribution in [0.25, 0.3) is 0 Å². The number of nitrogens with zero attached hydrogens (tertiary/aromatic N) is 2. The van der Waals surface area contributed by atoms with Gasteiger partial charge in [0.1, 0.15) is 5.75 Å². The number of likely N-dealkylation sites (tertiary alicyclic amines) is 1. The second kappa shape index (κ2) is 7.05. The van der Waals surface area contributed by atoms with Crippen molar-refractivity contribution in [2.45, 2.75) is 38.3 Å². The van der Waals surface area contributed by atoms with Crippen molar-refractivity contribution in [2.75, 3.05) is 13.7 Å². The van der Waals surface area contributed by atoms with Crippen molar-refractivity contribution in [1.29, 1.82) is 0 Å². The molecule has 0 radical (unpaired) electrons. The highest BCUT2D eigenvalue weighted by Crippen LogP contribution is 2.32. The summed E-state index contributed by atoms with van der Waals surface area (Å²) < 4.78 is 5.27. The van der Waals surface area contributed by atoms with Gasteiger partial charge >= 0.3 is 0 Å². The van der Waals surface area contributed by atoms with Crippen molar-refractivity contribution in [3.05, 3.63) is 46.4 Å². The largest absolute Gasteiger partial charge is 0.497 e. The fourth-order valence-corrected chi connectivity index (χ4v) is 3.63. The number of thiazole rings is 1. The van der Waals surface area contributed by atoms with Gasteiger partial charge in [-0.1, -0.05) is 25.0 Å². The van der Waals surface area contributed by atoms with Crippen LogP contribution in [0.3, 0.4) is 0 Å². The average Bonchev–Trinajstić information content (AvgIpc) is 2.92. The lowest BCUT2D eigenvalue weighted by molar-refractivity contribution is 0.190. The molecule has 112 valence electrons. The van der Waals surface area contributed by atoms with Crippen LogP contribution in [-0.4, -0.2) is 23.5 Å². The summed E-state index contributed by atoms with van der Waals surface area (Å²) >= 11 is 1.68. The molecule has 1 aliphatic rings. The number of hydrogen-bond donors (Lipinski definition) is 0. The fourth-order valence-electron chi connectivity index (χ4n) is 3.08. The third kappa shape index (κ3) is 3.63. The van der Waals surface area contributed by atoms with E-state index >= 15 is 0 Å². The van der Waals surface area contributed by atoms with E-state index in [0.717, 1.165) is 18.8 Å². The molecule has 3 rings (SSSR count). The third-order valence-corrected chi connectivity index (χ3v) is 4.85. The van der Waals surface area contributed by atoms with Gasteiger partial charge < -0.3 is 4.74 Å². The van der Waals surface area contributed by atoms with E-state index in [1.54, 1.807) is 18.4 Å². The number of methoxy groups -OCH3 is 1. The van der Waals surface area contributed by atoms with Crippen LogP contribution in [-0.2, 0) is 6.54 Å². The Hall–Kier alpha value is -1.39. The molecule has 1 fully saturated rings. The average molecular weight is 302 g/mol. The number of aromatic nitrogens is 1. The predicted molar refractivity (Wildman–Crippen MR) is 86.7 cm³/mol. The van der Waals surface area contributed by atoms with Gasteiger partial charge in [0.15, 0.2) is 0 Å². The first-order valence-electron chi connectivity index (χ1n) is 7.62. The Morgan fingerprint density at radius 2 is 2.10 bits per heavy atom. The van der Waals surface area contributed by atoms with Gasteiger partial charge in [-0.05, 0) is 37.1 Å². The minimum absolute atomic E-state index is 0.500. The lowest BCUT2D eigenvalue weighted by Gasteiger charge is -2.29. The van der Waals surface area contributed by atoms with Crippen LogP contribution in [0.5, 0.6) is 5.75 Å². The van der Waals surface area contributed by atoms with E-state index in [4.69, 9.17) is 4.74 Å². The van der Waals surface area contributed by atoms with Gasteiger partial charge in [0.2, 0.25) is 0 Å². The van der Waals surface area contributed by atoms with Crippen LogP contribution < -0.4 is 4.74 Å². The summed E-state index contributed by atoms with van der Waals surface area (Å²) in [4.78, 5) is 7.04. The lowest BCUT2D eigenvalue weighted by Crippen LogP contribution is -2.28. The van der Waals surface area contributed by atoms with E-state index in [-0.39, 0.29) is 0 Å². The van der Waals surface area contributed by atoms with Crippen LogP contribution in [0.4, 0.5) is 0 Å². The molecule has 0 spiro atoms. The summed E-state index contributed by atoms with van der Waals surface area (Å²) in [6.07, 6.45) is 5.16. The monoisotopic (exact) mass is 302 g/mol. The maximum atomic E-state index is 5.27. The minimum Gasteiger partial charge on any atom is -0.497 e. The molecular weight excluding hydrogens is 280 g/mol. The highest BCUT2D eigenvalue weighted by molar-refractivity contribution is 7.07. The van der Waals surface area contributed by atoms with Gasteiger partial charge in [0.25, 0.3) is 0 Å². The summed E-state index contributed by atoms with van der Waals surface area (Å²) in [6, 6.07) is 9.06. The summed E-state index contributed by atoms with van der Waals surface area (Å²) in [7, 11) is 1.72. The molecule has 21 heavy (non-hydrogen) atoms. The normalized spacial score (nSPS) is 20.1. The van der Waals surface area contributed by atoms with E-state index in [9.17, 15) is 0 Å². The molecule has 4 heteroatoms. The van der Waals surface area contributed by atoms with E-state index in [2.05, 4.69) is 39.5 Å². The number of ether oxygens (including phenoxy) is 1. The Balaban J connectivity index is 1.80. The zero-order valence-electron chi connectivity index (χ0n) is 12.5. The quantitative estimate of drug-likeness (QED) is 0.843. The smallest absolute Gasteiger partial charge is 0.118 e. The highest BCUT2D eigenvalue weighted by atomic mass is 32.1. The Morgan fingerprint density at radius 3 is 2.81 bits per heavy atom. The molecule has 1 aromatic carbocycles. The maximum absolute atomic E-state index is 5.27. The van der Waals surface area contributed by atoms with Crippen LogP contribution in [0.2, 0.25) is 0 Å². The van der Waals surface area contributed by atoms with Crippen LogP contribution in [0.1, 0.15) is 43.0 Å². The zero-order chi connectivity index (χ0) is 14.5. The molecule has 1 unspecified atom stereocenters. The van der Waals surface area contributed by atoms with Gasteiger partial charge in [-0.2, -0.15) is 0 Å².